The fourth-order valence-electron chi connectivity index (χ4n) is 3.48. The van der Waals surface area contributed by atoms with E-state index in [0.717, 1.165) is 46.6 Å². The fourth-order valence-corrected chi connectivity index (χ4v) is 3.48. The summed E-state index contributed by atoms with van der Waals surface area (Å²) in [5.74, 6) is 0.615. The molecule has 0 spiro atoms. The van der Waals surface area contributed by atoms with Gasteiger partial charge in [0.05, 0.1) is 29.2 Å². The average molecular weight is 403 g/mol. The molecular weight excluding hydrogens is 376 g/mol. The summed E-state index contributed by atoms with van der Waals surface area (Å²) in [6, 6.07) is 9.90. The zero-order valence-corrected chi connectivity index (χ0v) is 17.6. The van der Waals surface area contributed by atoms with Crippen LogP contribution in [0.25, 0.3) is 16.7 Å². The zero-order valence-electron chi connectivity index (χ0n) is 17.6. The van der Waals surface area contributed by atoms with Crippen LogP contribution in [0.4, 0.5) is 5.82 Å². The Hall–Kier alpha value is -3.55. The number of benzene rings is 1. The molecular formula is C22H26N8. The molecule has 8 heteroatoms. The first-order valence-corrected chi connectivity index (χ1v) is 10.3. The van der Waals surface area contributed by atoms with Gasteiger partial charge in [-0.3, -0.25) is 10.1 Å². The van der Waals surface area contributed by atoms with Crippen LogP contribution in [0, 0.1) is 13.8 Å². The van der Waals surface area contributed by atoms with Crippen molar-refractivity contribution in [1.82, 2.24) is 29.5 Å². The van der Waals surface area contributed by atoms with E-state index in [4.69, 9.17) is 0 Å². The summed E-state index contributed by atoms with van der Waals surface area (Å²) in [7, 11) is 0. The third kappa shape index (κ3) is 3.94. The van der Waals surface area contributed by atoms with E-state index in [1.54, 1.807) is 10.9 Å². The van der Waals surface area contributed by atoms with Gasteiger partial charge in [0, 0.05) is 17.8 Å². The van der Waals surface area contributed by atoms with Gasteiger partial charge in [0.1, 0.15) is 6.33 Å². The van der Waals surface area contributed by atoms with Gasteiger partial charge in [0.15, 0.2) is 11.5 Å². The van der Waals surface area contributed by atoms with Crippen LogP contribution in [-0.4, -0.2) is 35.7 Å². The second-order valence-corrected chi connectivity index (χ2v) is 7.24. The van der Waals surface area contributed by atoms with Crippen molar-refractivity contribution in [1.29, 1.82) is 0 Å². The lowest BCUT2D eigenvalue weighted by molar-refractivity contribution is 0.540. The van der Waals surface area contributed by atoms with Crippen molar-refractivity contribution in [3.8, 4) is 5.69 Å². The molecule has 0 bridgehead atoms. The van der Waals surface area contributed by atoms with Crippen molar-refractivity contribution >= 4 is 23.1 Å². The minimum atomic E-state index is 0.615. The Kier molecular flexibility index (Phi) is 5.83. The maximum Gasteiger partial charge on any atom is 0.168 e. The number of hydrogen-bond acceptors (Lipinski definition) is 6. The fraction of sp³-hybridized carbons (Fsp3) is 0.318. The van der Waals surface area contributed by atoms with E-state index in [1.807, 2.05) is 43.5 Å². The van der Waals surface area contributed by atoms with Gasteiger partial charge >= 0.3 is 0 Å². The van der Waals surface area contributed by atoms with Gasteiger partial charge in [-0.2, -0.15) is 15.3 Å². The Bertz CT molecular complexity index is 1160. The van der Waals surface area contributed by atoms with E-state index >= 15 is 0 Å². The molecule has 0 fully saturated rings. The molecule has 0 aliphatic rings. The van der Waals surface area contributed by atoms with Crippen LogP contribution in [-0.2, 0) is 6.54 Å². The molecule has 0 radical (unpaired) electrons. The highest BCUT2D eigenvalue weighted by Crippen LogP contribution is 2.21. The molecule has 4 aromatic rings. The van der Waals surface area contributed by atoms with E-state index in [-0.39, 0.29) is 0 Å². The topological polar surface area (TPSA) is 85.8 Å². The Morgan fingerprint density at radius 3 is 2.73 bits per heavy atom. The molecule has 0 aliphatic carbocycles. The Morgan fingerprint density at radius 2 is 1.93 bits per heavy atom. The summed E-state index contributed by atoms with van der Waals surface area (Å²) in [6.45, 7) is 7.24. The molecule has 8 nitrogen and oxygen atoms in total. The van der Waals surface area contributed by atoms with Gasteiger partial charge in [0.25, 0.3) is 0 Å². The number of hydrazone groups is 1. The third-order valence-corrected chi connectivity index (χ3v) is 5.14. The Morgan fingerprint density at radius 1 is 1.10 bits per heavy atom. The van der Waals surface area contributed by atoms with Crippen LogP contribution in [0.2, 0.25) is 0 Å². The largest absolute Gasteiger partial charge is 0.269 e. The summed E-state index contributed by atoms with van der Waals surface area (Å²) in [4.78, 5) is 8.73. The molecule has 0 aliphatic heterocycles. The number of nitrogens with one attached hydrogen (secondary N) is 1. The van der Waals surface area contributed by atoms with Crippen LogP contribution in [0.15, 0.2) is 48.0 Å². The van der Waals surface area contributed by atoms with E-state index in [1.165, 1.54) is 19.2 Å². The molecule has 0 saturated heterocycles. The number of nitrogens with zero attached hydrogens (tertiary/aromatic N) is 7. The number of hydrogen-bond donors (Lipinski definition) is 1. The molecule has 3 aromatic heterocycles. The molecule has 1 aromatic carbocycles. The normalized spacial score (nSPS) is 11.6. The molecule has 0 atom stereocenters. The summed E-state index contributed by atoms with van der Waals surface area (Å²) in [5.41, 5.74) is 7.85. The van der Waals surface area contributed by atoms with E-state index in [2.05, 4.69) is 49.2 Å². The molecule has 154 valence electrons. The monoisotopic (exact) mass is 402 g/mol. The second-order valence-electron chi connectivity index (χ2n) is 7.24. The molecule has 4 rings (SSSR count). The standard InChI is InChI=1S/C22H26N8/c1-4-5-9-12-29-17(3)19(16(2)28-29)13-25-27-21-20-14-26-30(22(20)24-15-23-21)18-10-7-6-8-11-18/h6-8,10-11,13-15H,4-5,9,12H2,1-3H3,(H,23,24,27)/b25-13+. The number of aromatic nitrogens is 6. The van der Waals surface area contributed by atoms with Crippen molar-refractivity contribution in [3.63, 3.8) is 0 Å². The van der Waals surface area contributed by atoms with Crippen molar-refractivity contribution in [3.05, 3.63) is 59.8 Å². The summed E-state index contributed by atoms with van der Waals surface area (Å²) >= 11 is 0. The van der Waals surface area contributed by atoms with Crippen molar-refractivity contribution in [2.24, 2.45) is 5.10 Å². The van der Waals surface area contributed by atoms with Crippen LogP contribution in [0.3, 0.4) is 0 Å². The predicted molar refractivity (Wildman–Crippen MR) is 119 cm³/mol. The summed E-state index contributed by atoms with van der Waals surface area (Å²) in [6.07, 6.45) is 8.63. The maximum absolute atomic E-state index is 4.65. The first-order chi connectivity index (χ1) is 14.7. The Labute approximate surface area is 175 Å². The third-order valence-electron chi connectivity index (χ3n) is 5.14. The van der Waals surface area contributed by atoms with Gasteiger partial charge < -0.3 is 0 Å². The second kappa shape index (κ2) is 8.86. The van der Waals surface area contributed by atoms with Gasteiger partial charge in [-0.25, -0.2) is 14.6 Å². The number of rotatable bonds is 8. The molecule has 0 amide bonds. The SMILES string of the molecule is CCCCCn1nc(C)c(/C=N/Nc2ncnc3c2cnn3-c2ccccc2)c1C. The van der Waals surface area contributed by atoms with E-state index in [0.29, 0.717) is 5.82 Å². The van der Waals surface area contributed by atoms with Crippen molar-refractivity contribution in [2.75, 3.05) is 5.43 Å². The average Bonchev–Trinajstić information content (AvgIpc) is 3.31. The number of anilines is 1. The van der Waals surface area contributed by atoms with Gasteiger partial charge in [-0.1, -0.05) is 38.0 Å². The molecule has 3 heterocycles. The minimum absolute atomic E-state index is 0.615. The predicted octanol–water partition coefficient (Wildman–Crippen LogP) is 4.27. The Balaban J connectivity index is 1.55. The number of unbranched alkanes of at least 4 members (excludes halogenated alkanes) is 2. The number of para-hydroxylation sites is 1. The summed E-state index contributed by atoms with van der Waals surface area (Å²) in [5, 5.41) is 14.3. The molecule has 30 heavy (non-hydrogen) atoms. The molecule has 0 unspecified atom stereocenters. The molecule has 1 N–H and O–H groups in total. The lowest BCUT2D eigenvalue weighted by Gasteiger charge is -2.04. The van der Waals surface area contributed by atoms with E-state index < -0.39 is 0 Å². The first-order valence-electron chi connectivity index (χ1n) is 10.3. The van der Waals surface area contributed by atoms with Crippen LogP contribution < -0.4 is 5.43 Å². The quantitative estimate of drug-likeness (QED) is 0.270. The smallest absolute Gasteiger partial charge is 0.168 e. The minimum Gasteiger partial charge on any atom is -0.269 e. The highest BCUT2D eigenvalue weighted by atomic mass is 15.3. The highest BCUT2D eigenvalue weighted by Gasteiger charge is 2.12. The van der Waals surface area contributed by atoms with Crippen molar-refractivity contribution in [2.45, 2.75) is 46.6 Å². The highest BCUT2D eigenvalue weighted by molar-refractivity contribution is 5.88. The van der Waals surface area contributed by atoms with Crippen LogP contribution in [0.5, 0.6) is 0 Å². The van der Waals surface area contributed by atoms with Gasteiger partial charge in [0.2, 0.25) is 0 Å². The number of aryl methyl sites for hydroxylation is 2. The number of fused-ring (bicyclic) bond motifs is 1. The van der Waals surface area contributed by atoms with Crippen molar-refractivity contribution < 1.29 is 0 Å². The lowest BCUT2D eigenvalue weighted by Crippen LogP contribution is -2.03. The summed E-state index contributed by atoms with van der Waals surface area (Å²) < 4.78 is 3.86. The maximum atomic E-state index is 4.65. The van der Waals surface area contributed by atoms with Gasteiger partial charge in [-0.15, -0.1) is 0 Å². The van der Waals surface area contributed by atoms with Crippen LogP contribution in [0.1, 0.15) is 43.1 Å². The van der Waals surface area contributed by atoms with E-state index in [9.17, 15) is 0 Å². The van der Waals surface area contributed by atoms with Gasteiger partial charge in [-0.05, 0) is 32.4 Å². The zero-order chi connectivity index (χ0) is 20.9. The first kappa shape index (κ1) is 19.8. The lowest BCUT2D eigenvalue weighted by atomic mass is 10.2. The molecule has 0 saturated carbocycles. The van der Waals surface area contributed by atoms with Crippen LogP contribution >= 0.6 is 0 Å².